The highest BCUT2D eigenvalue weighted by Gasteiger charge is 2.24. The molecule has 0 aliphatic heterocycles. The molecule has 27 heavy (non-hydrogen) atoms. The molecule has 2 atom stereocenters. The van der Waals surface area contributed by atoms with E-state index in [0.29, 0.717) is 18.4 Å². The Morgan fingerprint density at radius 2 is 1.74 bits per heavy atom. The van der Waals surface area contributed by atoms with Crippen LogP contribution in [0.3, 0.4) is 0 Å². The van der Waals surface area contributed by atoms with E-state index in [9.17, 15) is 22.8 Å². The summed E-state index contributed by atoms with van der Waals surface area (Å²) in [6, 6.07) is 2.98. The van der Waals surface area contributed by atoms with Crippen LogP contribution < -0.4 is 16.0 Å². The molecule has 2 unspecified atom stereocenters. The Kier molecular flexibility index (Phi) is 8.38. The lowest BCUT2D eigenvalue weighted by atomic mass is 10.0. The Bertz CT molecular complexity index is 761. The van der Waals surface area contributed by atoms with Gasteiger partial charge >= 0.3 is 6.03 Å². The summed E-state index contributed by atoms with van der Waals surface area (Å²) in [5.41, 5.74) is 0.352. The number of aliphatic hydroxyl groups is 1. The van der Waals surface area contributed by atoms with E-state index in [2.05, 4.69) is 16.0 Å². The molecular formula is C17H25N3O6S. The fourth-order valence-electron chi connectivity index (χ4n) is 2.22. The summed E-state index contributed by atoms with van der Waals surface area (Å²) in [4.78, 5) is 35.3. The number of anilines is 1. The van der Waals surface area contributed by atoms with E-state index >= 15 is 0 Å². The van der Waals surface area contributed by atoms with Gasteiger partial charge in [-0.25, -0.2) is 13.2 Å². The van der Waals surface area contributed by atoms with E-state index in [4.69, 9.17) is 5.11 Å². The van der Waals surface area contributed by atoms with Gasteiger partial charge < -0.3 is 25.9 Å². The monoisotopic (exact) mass is 399 g/mol. The van der Waals surface area contributed by atoms with Gasteiger partial charge in [0.15, 0.2) is 9.84 Å². The third-order valence-corrected chi connectivity index (χ3v) is 4.69. The van der Waals surface area contributed by atoms with Crippen LogP contribution >= 0.6 is 0 Å². The van der Waals surface area contributed by atoms with Gasteiger partial charge in [0.1, 0.15) is 18.4 Å². The van der Waals surface area contributed by atoms with Crippen LogP contribution in [0, 0.1) is 5.92 Å². The van der Waals surface area contributed by atoms with Gasteiger partial charge in [-0.05, 0) is 36.6 Å². The smallest absolute Gasteiger partial charge is 0.319 e. The van der Waals surface area contributed by atoms with Crippen LogP contribution in [0.25, 0.3) is 0 Å². The lowest BCUT2D eigenvalue weighted by Gasteiger charge is -2.22. The van der Waals surface area contributed by atoms with Crippen LogP contribution in [0.15, 0.2) is 29.2 Å². The van der Waals surface area contributed by atoms with Crippen LogP contribution in [0.1, 0.15) is 20.3 Å². The molecule has 0 aromatic heterocycles. The molecule has 0 aliphatic carbocycles. The van der Waals surface area contributed by atoms with Crippen molar-refractivity contribution in [3.63, 3.8) is 0 Å². The predicted octanol–water partition coefficient (Wildman–Crippen LogP) is 0.302. The number of rotatable bonds is 9. The maximum absolute atomic E-state index is 12.3. The maximum atomic E-state index is 12.3. The molecule has 4 N–H and O–H groups in total. The third kappa shape index (κ3) is 7.75. The van der Waals surface area contributed by atoms with Gasteiger partial charge in [0.05, 0.1) is 11.5 Å². The fraction of sp³-hybridized carbons (Fsp3) is 0.471. The fourth-order valence-corrected chi connectivity index (χ4v) is 2.85. The van der Waals surface area contributed by atoms with Gasteiger partial charge in [0.2, 0.25) is 5.91 Å². The van der Waals surface area contributed by atoms with E-state index in [1.54, 1.807) is 0 Å². The number of aliphatic hydroxyl groups excluding tert-OH is 1. The average Bonchev–Trinajstić information content (AvgIpc) is 2.58. The maximum Gasteiger partial charge on any atom is 0.319 e. The first-order valence-corrected chi connectivity index (χ1v) is 10.2. The first-order chi connectivity index (χ1) is 12.6. The molecular weight excluding hydrogens is 374 g/mol. The topological polar surface area (TPSA) is 142 Å². The number of carbonyl (C=O) groups is 3. The van der Waals surface area contributed by atoms with Gasteiger partial charge in [0, 0.05) is 11.9 Å². The minimum atomic E-state index is -3.34. The Balaban J connectivity index is 2.78. The second-order valence-electron chi connectivity index (χ2n) is 6.51. The summed E-state index contributed by atoms with van der Waals surface area (Å²) in [7, 11) is -3.34. The molecule has 0 fully saturated rings. The molecule has 0 saturated carbocycles. The SMILES string of the molecule is CC(C)CC(NC(=O)Nc1ccc(S(C)(=O)=O)cc1)C(=O)NC(C=O)CO. The van der Waals surface area contributed by atoms with Crippen molar-refractivity contribution >= 4 is 33.7 Å². The van der Waals surface area contributed by atoms with Crippen molar-refractivity contribution in [3.8, 4) is 0 Å². The number of aldehydes is 1. The molecule has 0 heterocycles. The molecule has 0 spiro atoms. The molecule has 3 amide bonds. The van der Waals surface area contributed by atoms with Crippen LogP contribution in [-0.2, 0) is 19.4 Å². The molecule has 1 rings (SSSR count). The normalized spacial score (nSPS) is 13.5. The van der Waals surface area contributed by atoms with E-state index in [1.807, 2.05) is 13.8 Å². The van der Waals surface area contributed by atoms with E-state index < -0.39 is 40.5 Å². The van der Waals surface area contributed by atoms with Crippen LogP contribution in [0.5, 0.6) is 0 Å². The first kappa shape index (κ1) is 22.6. The minimum Gasteiger partial charge on any atom is -0.394 e. The van der Waals surface area contributed by atoms with E-state index in [-0.39, 0.29) is 10.8 Å². The van der Waals surface area contributed by atoms with Crippen molar-refractivity contribution in [2.75, 3.05) is 18.2 Å². The summed E-state index contributed by atoms with van der Waals surface area (Å²) in [5.74, 6) is -0.503. The molecule has 0 bridgehead atoms. The number of hydrogen-bond acceptors (Lipinski definition) is 6. The summed E-state index contributed by atoms with van der Waals surface area (Å²) in [5, 5.41) is 16.4. The van der Waals surface area contributed by atoms with Crippen LogP contribution in [0.2, 0.25) is 0 Å². The number of benzene rings is 1. The summed E-state index contributed by atoms with van der Waals surface area (Å²) in [6.45, 7) is 3.20. The Hall–Kier alpha value is -2.46. The van der Waals surface area contributed by atoms with Gasteiger partial charge in [0.25, 0.3) is 0 Å². The second kappa shape index (κ2) is 10.0. The number of hydrogen-bond donors (Lipinski definition) is 4. The Morgan fingerprint density at radius 3 is 2.19 bits per heavy atom. The highest BCUT2D eigenvalue weighted by Crippen LogP contribution is 2.14. The van der Waals surface area contributed by atoms with Crippen molar-refractivity contribution in [3.05, 3.63) is 24.3 Å². The standard InChI is InChI=1S/C17H25N3O6S/c1-11(2)8-15(16(23)18-13(9-21)10-22)20-17(24)19-12-4-6-14(7-5-12)27(3,25)26/h4-7,9,11,13,15,22H,8,10H2,1-3H3,(H,18,23)(H2,19,20,24). The summed E-state index contributed by atoms with van der Waals surface area (Å²) in [6.07, 6.45) is 1.81. The largest absolute Gasteiger partial charge is 0.394 e. The highest BCUT2D eigenvalue weighted by atomic mass is 32.2. The quantitative estimate of drug-likeness (QED) is 0.440. The molecule has 1 aromatic rings. The first-order valence-electron chi connectivity index (χ1n) is 8.31. The molecule has 0 radical (unpaired) electrons. The van der Waals surface area contributed by atoms with Gasteiger partial charge in [-0.15, -0.1) is 0 Å². The lowest BCUT2D eigenvalue weighted by Crippen LogP contribution is -2.52. The van der Waals surface area contributed by atoms with Gasteiger partial charge in [-0.2, -0.15) is 0 Å². The number of sulfone groups is 1. The van der Waals surface area contributed by atoms with Gasteiger partial charge in [-0.3, -0.25) is 4.79 Å². The number of carbonyl (C=O) groups excluding carboxylic acids is 3. The molecule has 0 aliphatic rings. The Labute approximate surface area is 158 Å². The number of urea groups is 1. The third-order valence-electron chi connectivity index (χ3n) is 3.56. The molecule has 9 nitrogen and oxygen atoms in total. The zero-order valence-electron chi connectivity index (χ0n) is 15.4. The molecule has 150 valence electrons. The summed E-state index contributed by atoms with van der Waals surface area (Å²) >= 11 is 0. The predicted molar refractivity (Wildman–Crippen MR) is 100 cm³/mol. The lowest BCUT2D eigenvalue weighted by molar-refractivity contribution is -0.126. The number of nitrogens with one attached hydrogen (secondary N) is 3. The Morgan fingerprint density at radius 1 is 1.15 bits per heavy atom. The number of amides is 3. The van der Waals surface area contributed by atoms with Gasteiger partial charge in [-0.1, -0.05) is 13.8 Å². The average molecular weight is 399 g/mol. The van der Waals surface area contributed by atoms with Crippen molar-refractivity contribution in [1.29, 1.82) is 0 Å². The van der Waals surface area contributed by atoms with Crippen molar-refractivity contribution < 1.29 is 27.9 Å². The minimum absolute atomic E-state index is 0.0823. The van der Waals surface area contributed by atoms with Crippen LogP contribution in [-0.4, -0.2) is 56.7 Å². The summed E-state index contributed by atoms with van der Waals surface area (Å²) < 4.78 is 22.9. The molecule has 10 heteroatoms. The van der Waals surface area contributed by atoms with Crippen molar-refractivity contribution in [1.82, 2.24) is 10.6 Å². The van der Waals surface area contributed by atoms with Crippen molar-refractivity contribution in [2.24, 2.45) is 5.92 Å². The molecule has 0 saturated heterocycles. The zero-order valence-corrected chi connectivity index (χ0v) is 16.2. The van der Waals surface area contributed by atoms with E-state index in [0.717, 1.165) is 6.26 Å². The van der Waals surface area contributed by atoms with Crippen LogP contribution in [0.4, 0.5) is 10.5 Å². The van der Waals surface area contributed by atoms with Crippen molar-refractivity contribution in [2.45, 2.75) is 37.2 Å². The van der Waals surface area contributed by atoms with E-state index in [1.165, 1.54) is 24.3 Å². The molecule has 1 aromatic carbocycles. The second-order valence-corrected chi connectivity index (χ2v) is 8.53. The highest BCUT2D eigenvalue weighted by molar-refractivity contribution is 7.90. The zero-order chi connectivity index (χ0) is 20.6.